The van der Waals surface area contributed by atoms with Crippen LogP contribution in [0.5, 0.6) is 0 Å². The van der Waals surface area contributed by atoms with E-state index >= 15 is 0 Å². The van der Waals surface area contributed by atoms with E-state index in [-0.39, 0.29) is 5.91 Å². The Kier molecular flexibility index (Phi) is 5.44. The summed E-state index contributed by atoms with van der Waals surface area (Å²) < 4.78 is 0.795. The van der Waals surface area contributed by atoms with Crippen LogP contribution in [0.3, 0.4) is 0 Å². The van der Waals surface area contributed by atoms with Gasteiger partial charge in [0.1, 0.15) is 0 Å². The van der Waals surface area contributed by atoms with Crippen LogP contribution in [0.4, 0.5) is 0 Å². The molecule has 2 amide bonds. The minimum atomic E-state index is -1.62. The molecule has 0 spiro atoms. The van der Waals surface area contributed by atoms with Gasteiger partial charge in [0.25, 0.3) is 3.12 Å². The molecule has 17 heavy (non-hydrogen) atoms. The van der Waals surface area contributed by atoms with Gasteiger partial charge in [0.15, 0.2) is 0 Å². The molecule has 1 aliphatic rings. The number of carbonyl (C=O) groups excluding carboxylic acids is 2. The third-order valence-electron chi connectivity index (χ3n) is 2.40. The van der Waals surface area contributed by atoms with Gasteiger partial charge in [0, 0.05) is 11.9 Å². The van der Waals surface area contributed by atoms with Crippen molar-refractivity contribution in [1.82, 2.24) is 4.72 Å². The third-order valence-corrected chi connectivity index (χ3v) is 3.63. The first-order valence-corrected chi connectivity index (χ1v) is 6.75. The van der Waals surface area contributed by atoms with Crippen molar-refractivity contribution >= 4 is 58.6 Å². The topological polar surface area (TPSA) is 72.2 Å². The normalized spacial score (nSPS) is 24.4. The lowest BCUT2D eigenvalue weighted by Crippen LogP contribution is -2.39. The molecule has 0 bridgehead atoms. The van der Waals surface area contributed by atoms with Gasteiger partial charge in [-0.1, -0.05) is 47.0 Å². The number of halogens is 3. The van der Waals surface area contributed by atoms with Crippen molar-refractivity contribution < 1.29 is 9.59 Å². The molecule has 1 aliphatic carbocycles. The van der Waals surface area contributed by atoms with Gasteiger partial charge in [-0.3, -0.25) is 14.3 Å². The number of hydrogen-bond acceptors (Lipinski definition) is 3. The van der Waals surface area contributed by atoms with E-state index in [1.54, 1.807) is 0 Å². The van der Waals surface area contributed by atoms with E-state index < -0.39 is 20.9 Å². The van der Waals surface area contributed by atoms with Gasteiger partial charge in [0.2, 0.25) is 11.8 Å². The van der Waals surface area contributed by atoms with E-state index in [1.165, 1.54) is 0 Å². The summed E-state index contributed by atoms with van der Waals surface area (Å²) in [7, 11) is 0. The smallest absolute Gasteiger partial charge is 0.256 e. The molecule has 0 fully saturated rings. The molecule has 0 aromatic heterocycles. The van der Waals surface area contributed by atoms with Gasteiger partial charge in [-0.05, 0) is 12.8 Å². The number of primary amides is 1. The quantitative estimate of drug-likeness (QED) is 0.476. The molecule has 0 aromatic rings. The molecule has 2 atom stereocenters. The van der Waals surface area contributed by atoms with Crippen molar-refractivity contribution in [2.75, 3.05) is 0 Å². The van der Waals surface area contributed by atoms with Crippen LogP contribution in [-0.2, 0) is 9.59 Å². The number of allylic oxidation sites excluding steroid dienone is 2. The van der Waals surface area contributed by atoms with Crippen LogP contribution in [0.2, 0.25) is 0 Å². The SMILES string of the molecule is NC(=O)[C@H]1CC=CC[C@H]1C(=O)NSC(Cl)(Cl)Cl. The summed E-state index contributed by atoms with van der Waals surface area (Å²) in [6.07, 6.45) is 4.59. The van der Waals surface area contributed by atoms with Crippen molar-refractivity contribution in [3.05, 3.63) is 12.2 Å². The van der Waals surface area contributed by atoms with Gasteiger partial charge in [0.05, 0.1) is 11.8 Å². The molecule has 0 radical (unpaired) electrons. The second-order valence-electron chi connectivity index (χ2n) is 3.57. The van der Waals surface area contributed by atoms with Gasteiger partial charge in [-0.25, -0.2) is 0 Å². The predicted molar refractivity (Wildman–Crippen MR) is 70.6 cm³/mol. The lowest BCUT2D eigenvalue weighted by Gasteiger charge is -2.25. The number of rotatable bonds is 3. The average molecular weight is 318 g/mol. The highest BCUT2D eigenvalue weighted by Crippen LogP contribution is 2.37. The first kappa shape index (κ1) is 15.0. The zero-order valence-electron chi connectivity index (χ0n) is 8.66. The Hall–Kier alpha value is -0.100. The van der Waals surface area contributed by atoms with Crippen LogP contribution in [0.1, 0.15) is 12.8 Å². The number of nitrogens with one attached hydrogen (secondary N) is 1. The average Bonchev–Trinajstić information content (AvgIpc) is 2.25. The molecule has 1 rings (SSSR count). The molecule has 0 saturated heterocycles. The lowest BCUT2D eigenvalue weighted by atomic mass is 9.82. The first-order valence-electron chi connectivity index (χ1n) is 4.80. The zero-order chi connectivity index (χ0) is 13.1. The molecular weight excluding hydrogens is 307 g/mol. The third kappa shape index (κ3) is 4.95. The van der Waals surface area contributed by atoms with E-state index in [0.29, 0.717) is 24.8 Å². The molecule has 0 unspecified atom stereocenters. The van der Waals surface area contributed by atoms with Crippen molar-refractivity contribution in [2.24, 2.45) is 17.6 Å². The van der Waals surface area contributed by atoms with Crippen molar-refractivity contribution in [1.29, 1.82) is 0 Å². The number of alkyl halides is 3. The minimum Gasteiger partial charge on any atom is -0.369 e. The fourth-order valence-corrected chi connectivity index (χ4v) is 2.32. The minimum absolute atomic E-state index is 0.352. The second kappa shape index (κ2) is 6.18. The molecule has 8 heteroatoms. The molecule has 3 N–H and O–H groups in total. The summed E-state index contributed by atoms with van der Waals surface area (Å²) in [6, 6.07) is 0. The molecule has 4 nitrogen and oxygen atoms in total. The summed E-state index contributed by atoms with van der Waals surface area (Å²) in [5.41, 5.74) is 5.24. The standard InChI is InChI=1S/C9H11Cl3N2O2S/c10-9(11,12)17-14-8(16)6-4-2-1-3-5(6)7(13)15/h1-2,5-6H,3-4H2,(H2,13,15)(H,14,16)/t5-,6+/m0/s1. The Morgan fingerprint density at radius 1 is 1.24 bits per heavy atom. The van der Waals surface area contributed by atoms with Crippen molar-refractivity contribution in [3.8, 4) is 0 Å². The number of amides is 2. The molecule has 0 aromatic carbocycles. The van der Waals surface area contributed by atoms with E-state index in [2.05, 4.69) is 4.72 Å². The Labute approximate surface area is 118 Å². The Morgan fingerprint density at radius 2 is 1.76 bits per heavy atom. The second-order valence-corrected chi connectivity index (χ2v) is 7.55. The van der Waals surface area contributed by atoms with E-state index in [0.717, 1.165) is 0 Å². The van der Waals surface area contributed by atoms with Crippen molar-refractivity contribution in [3.63, 3.8) is 0 Å². The number of hydrogen-bond donors (Lipinski definition) is 2. The summed E-state index contributed by atoms with van der Waals surface area (Å²) in [4.78, 5) is 23.0. The van der Waals surface area contributed by atoms with Crippen LogP contribution < -0.4 is 10.5 Å². The van der Waals surface area contributed by atoms with Gasteiger partial charge >= 0.3 is 0 Å². The van der Waals surface area contributed by atoms with Crippen LogP contribution in [0.15, 0.2) is 12.2 Å². The predicted octanol–water partition coefficient (Wildman–Crippen LogP) is 2.15. The van der Waals surface area contributed by atoms with Crippen LogP contribution >= 0.6 is 46.8 Å². The maximum Gasteiger partial charge on any atom is 0.256 e. The maximum atomic E-state index is 11.8. The molecule has 0 heterocycles. The van der Waals surface area contributed by atoms with E-state index in [4.69, 9.17) is 40.5 Å². The Bertz CT molecular complexity index is 344. The van der Waals surface area contributed by atoms with Gasteiger partial charge in [-0.2, -0.15) is 0 Å². The molecular formula is C9H11Cl3N2O2S. The molecule has 0 aliphatic heterocycles. The van der Waals surface area contributed by atoms with Crippen LogP contribution in [-0.4, -0.2) is 14.9 Å². The highest BCUT2D eigenvalue weighted by molar-refractivity contribution is 8.03. The fourth-order valence-electron chi connectivity index (χ4n) is 1.60. The number of carbonyl (C=O) groups is 2. The largest absolute Gasteiger partial charge is 0.369 e. The highest BCUT2D eigenvalue weighted by atomic mass is 35.6. The maximum absolute atomic E-state index is 11.8. The van der Waals surface area contributed by atoms with Crippen molar-refractivity contribution in [2.45, 2.75) is 16.0 Å². The van der Waals surface area contributed by atoms with Crippen LogP contribution in [0.25, 0.3) is 0 Å². The number of nitrogens with two attached hydrogens (primary N) is 1. The Morgan fingerprint density at radius 3 is 2.24 bits per heavy atom. The van der Waals surface area contributed by atoms with Gasteiger partial charge < -0.3 is 5.73 Å². The summed E-state index contributed by atoms with van der Waals surface area (Å²) in [5.74, 6) is -1.85. The monoisotopic (exact) mass is 316 g/mol. The zero-order valence-corrected chi connectivity index (χ0v) is 11.7. The molecule has 0 saturated carbocycles. The lowest BCUT2D eigenvalue weighted by molar-refractivity contribution is -0.132. The first-order chi connectivity index (χ1) is 7.81. The molecule has 96 valence electrons. The van der Waals surface area contributed by atoms with Gasteiger partial charge in [-0.15, -0.1) is 0 Å². The Balaban J connectivity index is 2.60. The summed E-state index contributed by atoms with van der Waals surface area (Å²) in [5, 5.41) is 0. The fraction of sp³-hybridized carbons (Fsp3) is 0.556. The summed E-state index contributed by atoms with van der Waals surface area (Å²) >= 11 is 17.1. The highest BCUT2D eigenvalue weighted by Gasteiger charge is 2.34. The van der Waals surface area contributed by atoms with Crippen LogP contribution in [0, 0.1) is 11.8 Å². The van der Waals surface area contributed by atoms with E-state index in [1.807, 2.05) is 12.2 Å². The summed E-state index contributed by atoms with van der Waals surface area (Å²) in [6.45, 7) is 0. The van der Waals surface area contributed by atoms with E-state index in [9.17, 15) is 9.59 Å².